The topological polar surface area (TPSA) is 38.9 Å². The molecule has 0 atom stereocenters. The first-order chi connectivity index (χ1) is 6.74. The van der Waals surface area contributed by atoms with Crippen LogP contribution in [0.2, 0.25) is 0 Å². The first kappa shape index (κ1) is 8.26. The Morgan fingerprint density at radius 3 is 3.14 bits per heavy atom. The Morgan fingerprint density at radius 2 is 2.29 bits per heavy atom. The first-order valence-corrected chi connectivity index (χ1v) is 5.48. The molecule has 0 amide bonds. The molecule has 1 aromatic heterocycles. The molecule has 0 saturated carbocycles. The molecule has 2 nitrogen and oxygen atoms in total. The molecule has 3 rings (SSSR count). The second kappa shape index (κ2) is 2.72. The molecule has 0 spiro atoms. The molecule has 2 aliphatic carbocycles. The number of hydrogen-bond acceptors (Lipinski definition) is 3. The van der Waals surface area contributed by atoms with Gasteiger partial charge in [-0.15, -0.1) is 0 Å². The Bertz CT molecular complexity index is 592. The van der Waals surface area contributed by atoms with Crippen LogP contribution < -0.4 is 15.6 Å². The third-order valence-corrected chi connectivity index (χ3v) is 3.48. The van der Waals surface area contributed by atoms with E-state index < -0.39 is 0 Å². The highest BCUT2D eigenvalue weighted by Crippen LogP contribution is 2.28. The van der Waals surface area contributed by atoms with E-state index in [1.807, 2.05) is 12.2 Å². The summed E-state index contributed by atoms with van der Waals surface area (Å²) in [7, 11) is 0. The maximum atomic E-state index is 5.93. The number of nitrogen functional groups attached to an aromatic ring is 1. The lowest BCUT2D eigenvalue weighted by atomic mass is 10.0. The van der Waals surface area contributed by atoms with E-state index in [1.54, 1.807) is 0 Å². The van der Waals surface area contributed by atoms with Crippen molar-refractivity contribution >= 4 is 39.7 Å². The van der Waals surface area contributed by atoms with Gasteiger partial charge in [0.05, 0.1) is 9.88 Å². The molecule has 0 radical (unpaired) electrons. The fourth-order valence-electron chi connectivity index (χ4n) is 1.78. The predicted molar refractivity (Wildman–Crippen MR) is 60.3 cm³/mol. The molecular formula is C10H7ClN2S. The largest absolute Gasteiger partial charge is 0.375 e. The highest BCUT2D eigenvalue weighted by molar-refractivity contribution is 7.13. The van der Waals surface area contributed by atoms with Crippen molar-refractivity contribution in [1.29, 1.82) is 0 Å². The first-order valence-electron chi connectivity index (χ1n) is 4.29. The number of allylic oxidation sites excluding steroid dienone is 4. The summed E-state index contributed by atoms with van der Waals surface area (Å²) in [5, 5.41) is 2.49. The second-order valence-electron chi connectivity index (χ2n) is 3.28. The quantitative estimate of drug-likeness (QED) is 0.715. The summed E-state index contributed by atoms with van der Waals surface area (Å²) >= 11 is 7.46. The third kappa shape index (κ3) is 1.06. The summed E-state index contributed by atoms with van der Waals surface area (Å²) in [5.41, 5.74) is 8.09. The lowest BCUT2D eigenvalue weighted by molar-refractivity contribution is 1.26. The maximum Gasteiger partial charge on any atom is 0.181 e. The van der Waals surface area contributed by atoms with Gasteiger partial charge in [0.2, 0.25) is 0 Å². The Hall–Kier alpha value is -1.06. The van der Waals surface area contributed by atoms with Crippen LogP contribution >= 0.6 is 22.9 Å². The number of hydrogen-bond donors (Lipinski definition) is 1. The lowest BCUT2D eigenvalue weighted by Gasteiger charge is -2.07. The van der Waals surface area contributed by atoms with E-state index in [9.17, 15) is 0 Å². The van der Waals surface area contributed by atoms with Gasteiger partial charge in [0.1, 0.15) is 0 Å². The highest BCUT2D eigenvalue weighted by Gasteiger charge is 2.16. The number of fused-ring (bicyclic) bond motifs is 2. The van der Waals surface area contributed by atoms with E-state index in [2.05, 4.69) is 11.1 Å². The van der Waals surface area contributed by atoms with Gasteiger partial charge in [-0.2, -0.15) is 0 Å². The van der Waals surface area contributed by atoms with Gasteiger partial charge in [-0.25, -0.2) is 4.98 Å². The molecule has 0 fully saturated rings. The number of nitrogens with zero attached hydrogens (tertiary/aromatic N) is 1. The Kier molecular flexibility index (Phi) is 1.60. The normalized spacial score (nSPS) is 18.2. The molecule has 0 bridgehead atoms. The Morgan fingerprint density at radius 1 is 1.43 bits per heavy atom. The van der Waals surface area contributed by atoms with E-state index >= 15 is 0 Å². The SMILES string of the molecule is Nc1nc2c(s1)=CC1=CC(Cl)=CCC=21. The van der Waals surface area contributed by atoms with Crippen LogP contribution in [0.3, 0.4) is 0 Å². The van der Waals surface area contributed by atoms with Crippen molar-refractivity contribution in [1.82, 2.24) is 4.98 Å². The summed E-state index contributed by atoms with van der Waals surface area (Å²) in [6.45, 7) is 0. The Balaban J connectivity index is 2.34. The molecule has 70 valence electrons. The van der Waals surface area contributed by atoms with Crippen LogP contribution in [-0.4, -0.2) is 4.98 Å². The molecule has 4 heteroatoms. The molecule has 1 aromatic rings. The molecule has 2 aliphatic rings. The van der Waals surface area contributed by atoms with E-state index in [-0.39, 0.29) is 0 Å². The minimum absolute atomic E-state index is 0.637. The van der Waals surface area contributed by atoms with Gasteiger partial charge < -0.3 is 5.73 Å². The highest BCUT2D eigenvalue weighted by atomic mass is 35.5. The third-order valence-electron chi connectivity index (χ3n) is 2.39. The van der Waals surface area contributed by atoms with Crippen molar-refractivity contribution in [2.45, 2.75) is 6.42 Å². The van der Waals surface area contributed by atoms with Gasteiger partial charge in [0, 0.05) is 5.03 Å². The van der Waals surface area contributed by atoms with E-state index in [1.165, 1.54) is 22.5 Å². The van der Waals surface area contributed by atoms with E-state index in [0.717, 1.165) is 21.3 Å². The molecule has 1 heterocycles. The van der Waals surface area contributed by atoms with Crippen molar-refractivity contribution in [2.75, 3.05) is 5.73 Å². The van der Waals surface area contributed by atoms with Crippen molar-refractivity contribution < 1.29 is 0 Å². The van der Waals surface area contributed by atoms with Gasteiger partial charge in [-0.3, -0.25) is 0 Å². The van der Waals surface area contributed by atoms with Crippen molar-refractivity contribution in [3.05, 3.63) is 32.6 Å². The minimum Gasteiger partial charge on any atom is -0.375 e. The van der Waals surface area contributed by atoms with Crippen LogP contribution in [-0.2, 0) is 0 Å². The molecule has 0 saturated heterocycles. The summed E-state index contributed by atoms with van der Waals surface area (Å²) < 4.78 is 1.16. The van der Waals surface area contributed by atoms with E-state index in [4.69, 9.17) is 17.3 Å². The van der Waals surface area contributed by atoms with Crippen LogP contribution in [0, 0.1) is 0 Å². The number of thiazole rings is 1. The average Bonchev–Trinajstić information content (AvgIpc) is 2.59. The molecule has 14 heavy (non-hydrogen) atoms. The molecule has 2 N–H and O–H groups in total. The lowest BCUT2D eigenvalue weighted by Crippen LogP contribution is -2.19. The monoisotopic (exact) mass is 222 g/mol. The average molecular weight is 223 g/mol. The summed E-state index contributed by atoms with van der Waals surface area (Å²) in [5.74, 6) is 0. The number of nitrogens with two attached hydrogens (primary N) is 1. The van der Waals surface area contributed by atoms with Crippen LogP contribution in [0.1, 0.15) is 6.42 Å². The van der Waals surface area contributed by atoms with Gasteiger partial charge in [-0.1, -0.05) is 29.0 Å². The summed E-state index contributed by atoms with van der Waals surface area (Å²) in [6.07, 6.45) is 6.94. The molecule has 0 aliphatic heterocycles. The molecular weight excluding hydrogens is 216 g/mol. The maximum absolute atomic E-state index is 5.93. The number of halogens is 1. The van der Waals surface area contributed by atoms with Crippen LogP contribution in [0.25, 0.3) is 11.6 Å². The molecule has 0 unspecified atom stereocenters. The summed E-state index contributed by atoms with van der Waals surface area (Å²) in [4.78, 5) is 4.32. The van der Waals surface area contributed by atoms with Crippen LogP contribution in [0.4, 0.5) is 5.13 Å². The molecule has 0 aromatic carbocycles. The number of rotatable bonds is 0. The zero-order valence-electron chi connectivity index (χ0n) is 7.25. The predicted octanol–water partition coefficient (Wildman–Crippen LogP) is 1.12. The van der Waals surface area contributed by atoms with Crippen molar-refractivity contribution in [2.24, 2.45) is 0 Å². The smallest absolute Gasteiger partial charge is 0.181 e. The zero-order valence-corrected chi connectivity index (χ0v) is 8.82. The van der Waals surface area contributed by atoms with Crippen LogP contribution in [0.15, 0.2) is 22.8 Å². The van der Waals surface area contributed by atoms with Crippen molar-refractivity contribution in [3.63, 3.8) is 0 Å². The van der Waals surface area contributed by atoms with Gasteiger partial charge in [-0.05, 0) is 29.7 Å². The summed E-state index contributed by atoms with van der Waals surface area (Å²) in [6, 6.07) is 0. The second-order valence-corrected chi connectivity index (χ2v) is 4.78. The number of aromatic nitrogens is 1. The Labute approximate surface area is 89.7 Å². The van der Waals surface area contributed by atoms with Crippen molar-refractivity contribution in [3.8, 4) is 0 Å². The standard InChI is InChI=1S/C10H7ClN2S/c11-6-1-2-7-5(3-6)4-8-9(7)13-10(12)14-8/h1,3-4H,2H2,(H2,12,13). The van der Waals surface area contributed by atoms with Gasteiger partial charge in [0.15, 0.2) is 5.13 Å². The van der Waals surface area contributed by atoms with Gasteiger partial charge in [0.25, 0.3) is 0 Å². The number of anilines is 1. The zero-order chi connectivity index (χ0) is 9.71. The fraction of sp³-hybridized carbons (Fsp3) is 0.100. The fourth-order valence-corrected chi connectivity index (χ4v) is 2.79. The van der Waals surface area contributed by atoms with E-state index in [0.29, 0.717) is 5.13 Å². The van der Waals surface area contributed by atoms with Crippen LogP contribution in [0.5, 0.6) is 0 Å². The minimum atomic E-state index is 0.637. The van der Waals surface area contributed by atoms with Gasteiger partial charge >= 0.3 is 0 Å².